The molecule has 0 amide bonds. The molecule has 0 spiro atoms. The summed E-state index contributed by atoms with van der Waals surface area (Å²) in [5.41, 5.74) is 2.69. The molecule has 0 N–H and O–H groups in total. The van der Waals surface area contributed by atoms with Gasteiger partial charge in [-0.1, -0.05) is 31.4 Å². The van der Waals surface area contributed by atoms with E-state index in [9.17, 15) is 10.1 Å². The Morgan fingerprint density at radius 3 is 1.94 bits per heavy atom. The summed E-state index contributed by atoms with van der Waals surface area (Å²) in [5, 5.41) is 12.1. The maximum absolute atomic E-state index is 10.9. The number of nitrogens with zero attached hydrogens (tertiary/aromatic N) is 1. The maximum atomic E-state index is 10.9. The van der Waals surface area contributed by atoms with Crippen LogP contribution in [0, 0.1) is 24.0 Å². The number of nitro groups is 1. The van der Waals surface area contributed by atoms with E-state index in [4.69, 9.17) is 0 Å². The average Bonchev–Trinajstić information content (AvgIpc) is 2.13. The fourth-order valence-electron chi connectivity index (χ4n) is 1.85. The van der Waals surface area contributed by atoms with Gasteiger partial charge in [0.05, 0.1) is 13.0 Å². The van der Waals surface area contributed by atoms with E-state index >= 15 is 0 Å². The van der Waals surface area contributed by atoms with Crippen molar-refractivity contribution in [1.82, 2.24) is 0 Å². The molecule has 0 radical (unpaired) electrons. The first-order valence-electron chi connectivity index (χ1n) is 5.60. The number of rotatable bonds is 3. The number of aryl methyl sites for hydroxylation is 2. The monoisotopic (exact) mass is 249 g/mol. The van der Waals surface area contributed by atoms with Crippen LogP contribution in [0.4, 0.5) is 5.69 Å². The molecule has 0 bridgehead atoms. The van der Waals surface area contributed by atoms with Crippen molar-refractivity contribution in [3.05, 3.63) is 45.5 Å². The van der Waals surface area contributed by atoms with Crippen LogP contribution in [0.15, 0.2) is 18.7 Å². The Bertz CT molecular complexity index is 464. The van der Waals surface area contributed by atoms with E-state index in [1.807, 2.05) is 12.1 Å². The second-order valence-electron chi connectivity index (χ2n) is 5.44. The lowest BCUT2D eigenvalue weighted by molar-refractivity contribution is -0.386. The summed E-state index contributed by atoms with van der Waals surface area (Å²) in [6.07, 6.45) is 0. The predicted octanol–water partition coefficient (Wildman–Crippen LogP) is 4.10. The van der Waals surface area contributed by atoms with Crippen molar-refractivity contribution >= 4 is 19.0 Å². The summed E-state index contributed by atoms with van der Waals surface area (Å²) >= 11 is 0. The standard InChI is InChI=1S/C13H19NO2Si/c1-9-7-12(11(3)17(4,5)6)8-10(2)13(9)14(15)16/h7-8H,3H2,1-2,4-6H3. The van der Waals surface area contributed by atoms with Crippen LogP contribution in [0.5, 0.6) is 0 Å². The van der Waals surface area contributed by atoms with E-state index in [2.05, 4.69) is 26.2 Å². The van der Waals surface area contributed by atoms with Gasteiger partial charge in [0.2, 0.25) is 0 Å². The molecule has 4 heteroatoms. The molecule has 92 valence electrons. The maximum Gasteiger partial charge on any atom is 0.275 e. The van der Waals surface area contributed by atoms with Gasteiger partial charge in [-0.25, -0.2) is 0 Å². The molecule has 0 atom stereocenters. The number of benzene rings is 1. The molecule has 0 aromatic heterocycles. The van der Waals surface area contributed by atoms with Crippen LogP contribution in [-0.2, 0) is 0 Å². The molecular formula is C13H19NO2Si. The molecule has 0 aliphatic carbocycles. The van der Waals surface area contributed by atoms with E-state index in [1.165, 1.54) is 0 Å². The van der Waals surface area contributed by atoms with E-state index in [1.54, 1.807) is 13.8 Å². The lowest BCUT2D eigenvalue weighted by Gasteiger charge is -2.20. The Morgan fingerprint density at radius 1 is 1.24 bits per heavy atom. The van der Waals surface area contributed by atoms with Crippen LogP contribution in [-0.4, -0.2) is 13.0 Å². The van der Waals surface area contributed by atoms with E-state index in [0.717, 1.165) is 10.8 Å². The smallest absolute Gasteiger partial charge is 0.258 e. The molecule has 0 fully saturated rings. The van der Waals surface area contributed by atoms with Crippen molar-refractivity contribution in [3.63, 3.8) is 0 Å². The van der Waals surface area contributed by atoms with Crippen LogP contribution in [0.1, 0.15) is 16.7 Å². The average molecular weight is 249 g/mol. The SMILES string of the molecule is C=C(c1cc(C)c([N+](=O)[O-])c(C)c1)[Si](C)(C)C. The van der Waals surface area contributed by atoms with Crippen LogP contribution in [0.25, 0.3) is 5.20 Å². The van der Waals surface area contributed by atoms with E-state index in [0.29, 0.717) is 11.1 Å². The zero-order valence-corrected chi connectivity index (χ0v) is 12.1. The third kappa shape index (κ3) is 2.82. The minimum atomic E-state index is -1.46. The van der Waals surface area contributed by atoms with Gasteiger partial charge in [0.1, 0.15) is 0 Å². The second-order valence-corrected chi connectivity index (χ2v) is 10.5. The Balaban J connectivity index is 3.34. The molecule has 0 aliphatic heterocycles. The van der Waals surface area contributed by atoms with E-state index < -0.39 is 8.07 Å². The zero-order chi connectivity index (χ0) is 13.4. The molecule has 0 heterocycles. The summed E-state index contributed by atoms with van der Waals surface area (Å²) in [6, 6.07) is 3.76. The highest BCUT2D eigenvalue weighted by Crippen LogP contribution is 2.30. The van der Waals surface area contributed by atoms with Gasteiger partial charge in [0, 0.05) is 11.1 Å². The minimum Gasteiger partial charge on any atom is -0.258 e. The fraction of sp³-hybridized carbons (Fsp3) is 0.385. The molecule has 1 aromatic carbocycles. The first-order chi connectivity index (χ1) is 7.64. The number of hydrogen-bond acceptors (Lipinski definition) is 2. The molecule has 3 nitrogen and oxygen atoms in total. The normalized spacial score (nSPS) is 11.4. The first kappa shape index (κ1) is 13.6. The molecule has 0 saturated heterocycles. The topological polar surface area (TPSA) is 43.1 Å². The first-order valence-corrected chi connectivity index (χ1v) is 9.10. The summed E-state index contributed by atoms with van der Waals surface area (Å²) in [5.74, 6) is 0. The third-order valence-electron chi connectivity index (χ3n) is 2.93. The lowest BCUT2D eigenvalue weighted by atomic mass is 10.0. The molecule has 0 saturated carbocycles. The molecule has 1 rings (SSSR count). The second kappa shape index (κ2) is 4.45. The van der Waals surface area contributed by atoms with Crippen LogP contribution in [0.3, 0.4) is 0 Å². The largest absolute Gasteiger partial charge is 0.275 e. The zero-order valence-electron chi connectivity index (χ0n) is 11.1. The third-order valence-corrected chi connectivity index (χ3v) is 5.03. The van der Waals surface area contributed by atoms with Gasteiger partial charge in [-0.2, -0.15) is 0 Å². The van der Waals surface area contributed by atoms with Crippen molar-refractivity contribution in [2.75, 3.05) is 0 Å². The van der Waals surface area contributed by atoms with Crippen molar-refractivity contribution in [1.29, 1.82) is 0 Å². The van der Waals surface area contributed by atoms with Crippen molar-refractivity contribution in [2.24, 2.45) is 0 Å². The van der Waals surface area contributed by atoms with Crippen LogP contribution in [0.2, 0.25) is 19.6 Å². The highest BCUT2D eigenvalue weighted by Gasteiger charge is 2.22. The lowest BCUT2D eigenvalue weighted by Crippen LogP contribution is -2.22. The van der Waals surface area contributed by atoms with Crippen LogP contribution >= 0.6 is 0 Å². The minimum absolute atomic E-state index is 0.220. The number of hydrogen-bond donors (Lipinski definition) is 0. The Labute approximate surface area is 103 Å². The summed E-state index contributed by atoms with van der Waals surface area (Å²) < 4.78 is 0. The van der Waals surface area contributed by atoms with Gasteiger partial charge in [-0.15, -0.1) is 0 Å². The highest BCUT2D eigenvalue weighted by molar-refractivity contribution is 6.93. The van der Waals surface area contributed by atoms with E-state index in [-0.39, 0.29) is 10.6 Å². The van der Waals surface area contributed by atoms with Gasteiger partial charge in [-0.3, -0.25) is 10.1 Å². The van der Waals surface area contributed by atoms with Gasteiger partial charge >= 0.3 is 0 Å². The fourth-order valence-corrected chi connectivity index (χ4v) is 2.86. The highest BCUT2D eigenvalue weighted by atomic mass is 28.3. The summed E-state index contributed by atoms with van der Waals surface area (Å²) in [7, 11) is -1.46. The molecular weight excluding hydrogens is 230 g/mol. The van der Waals surface area contributed by atoms with Crippen molar-refractivity contribution in [2.45, 2.75) is 33.5 Å². The summed E-state index contributed by atoms with van der Waals surface area (Å²) in [6.45, 7) is 14.4. The van der Waals surface area contributed by atoms with Gasteiger partial charge in [-0.05, 0) is 31.5 Å². The number of nitro benzene ring substituents is 1. The molecule has 17 heavy (non-hydrogen) atoms. The van der Waals surface area contributed by atoms with Crippen LogP contribution < -0.4 is 0 Å². The quantitative estimate of drug-likeness (QED) is 0.460. The van der Waals surface area contributed by atoms with Gasteiger partial charge < -0.3 is 0 Å². The summed E-state index contributed by atoms with van der Waals surface area (Å²) in [4.78, 5) is 10.6. The Morgan fingerprint density at radius 2 is 1.65 bits per heavy atom. The molecule has 1 aromatic rings. The van der Waals surface area contributed by atoms with Gasteiger partial charge in [0.15, 0.2) is 0 Å². The molecule has 0 unspecified atom stereocenters. The molecule has 0 aliphatic rings. The van der Waals surface area contributed by atoms with Crippen molar-refractivity contribution in [3.8, 4) is 0 Å². The Kier molecular flexibility index (Phi) is 3.57. The van der Waals surface area contributed by atoms with Gasteiger partial charge in [0.25, 0.3) is 5.69 Å². The Hall–Kier alpha value is -1.42. The van der Waals surface area contributed by atoms with Crippen molar-refractivity contribution < 1.29 is 4.92 Å². The predicted molar refractivity (Wildman–Crippen MR) is 75.0 cm³/mol.